The lowest BCUT2D eigenvalue weighted by Gasteiger charge is -2.49. The fourth-order valence-corrected chi connectivity index (χ4v) is 10.7. The van der Waals surface area contributed by atoms with Gasteiger partial charge in [0.1, 0.15) is 0 Å². The van der Waals surface area contributed by atoms with Crippen LogP contribution in [0.15, 0.2) is 85.0 Å². The van der Waals surface area contributed by atoms with Crippen LogP contribution in [-0.2, 0) is 0 Å². The normalized spacial score (nSPS) is 28.2. The lowest BCUT2D eigenvalue weighted by atomic mass is 9.64. The van der Waals surface area contributed by atoms with Crippen molar-refractivity contribution in [2.24, 2.45) is 23.7 Å². The smallest absolute Gasteiger partial charge is 0.0124 e. The predicted molar refractivity (Wildman–Crippen MR) is 148 cm³/mol. The lowest BCUT2D eigenvalue weighted by Crippen LogP contribution is -2.42. The summed E-state index contributed by atoms with van der Waals surface area (Å²) in [5.41, 5.74) is 0. The molecule has 0 aliphatic heterocycles. The van der Waals surface area contributed by atoms with Crippen molar-refractivity contribution in [2.45, 2.75) is 51.6 Å². The van der Waals surface area contributed by atoms with Gasteiger partial charge in [0.25, 0.3) is 0 Å². The van der Waals surface area contributed by atoms with E-state index in [0.717, 1.165) is 32.3 Å². The minimum Gasteiger partial charge on any atom is -0.111 e. The molecular weight excluding hydrogens is 422 g/mol. The highest BCUT2D eigenvalue weighted by Gasteiger charge is 2.44. The van der Waals surface area contributed by atoms with Crippen molar-refractivity contribution in [2.75, 3.05) is 12.3 Å². The van der Waals surface area contributed by atoms with E-state index in [2.05, 4.69) is 106 Å². The summed E-state index contributed by atoms with van der Waals surface area (Å²) >= 11 is 0. The molecule has 0 radical (unpaired) electrons. The molecule has 2 heteroatoms. The van der Waals surface area contributed by atoms with E-state index in [1.165, 1.54) is 48.6 Å². The Bertz CT molecular complexity index is 846. The van der Waals surface area contributed by atoms with E-state index in [-0.39, 0.29) is 7.92 Å². The van der Waals surface area contributed by atoms with Gasteiger partial charge in [0.05, 0.1) is 0 Å². The summed E-state index contributed by atoms with van der Waals surface area (Å²) in [6.45, 7) is 7.43. The summed E-state index contributed by atoms with van der Waals surface area (Å²) in [4.78, 5) is 0. The third kappa shape index (κ3) is 5.64. The number of hydrogen-bond acceptors (Lipinski definition) is 0. The molecule has 5 unspecified atom stereocenters. The fourth-order valence-electron chi connectivity index (χ4n) is 5.99. The largest absolute Gasteiger partial charge is 0.111 e. The van der Waals surface area contributed by atoms with Crippen LogP contribution in [0, 0.1) is 23.7 Å². The second-order valence-electron chi connectivity index (χ2n) is 10.2. The van der Waals surface area contributed by atoms with Crippen molar-refractivity contribution in [3.05, 3.63) is 85.0 Å². The molecule has 1 fully saturated rings. The Labute approximate surface area is 199 Å². The standard InChI is InChI=1S/C30H40P2/c1-24(2)28-18-17-25(3)23-29(28)30(19-11-6-12-20-30)31-21-22-32(26-13-7-4-8-14-26)27-15-9-5-10-16-27/h4-16,19,24-25,28-29,31H,17-18,20-23H2,1-3H3. The monoisotopic (exact) mass is 462 g/mol. The number of rotatable bonds is 8. The van der Waals surface area contributed by atoms with Gasteiger partial charge >= 0.3 is 0 Å². The third-order valence-electron chi connectivity index (χ3n) is 7.71. The summed E-state index contributed by atoms with van der Waals surface area (Å²) in [6, 6.07) is 22.5. The first-order valence-electron chi connectivity index (χ1n) is 12.6. The Balaban J connectivity index is 1.54. The van der Waals surface area contributed by atoms with Crippen LogP contribution in [-0.4, -0.2) is 17.5 Å². The van der Waals surface area contributed by atoms with Crippen LogP contribution in [0.5, 0.6) is 0 Å². The summed E-state index contributed by atoms with van der Waals surface area (Å²) < 4.78 is 0. The zero-order valence-corrected chi connectivity index (χ0v) is 22.0. The van der Waals surface area contributed by atoms with E-state index in [0.29, 0.717) is 5.16 Å². The molecule has 0 spiro atoms. The molecule has 5 atom stereocenters. The van der Waals surface area contributed by atoms with E-state index >= 15 is 0 Å². The first-order valence-corrected chi connectivity index (χ1v) is 15.3. The third-order valence-corrected chi connectivity index (χ3v) is 12.5. The Kier molecular flexibility index (Phi) is 8.43. The van der Waals surface area contributed by atoms with E-state index in [9.17, 15) is 0 Å². The van der Waals surface area contributed by atoms with Gasteiger partial charge in [0.2, 0.25) is 0 Å². The molecular formula is C30H40P2. The van der Waals surface area contributed by atoms with Gasteiger partial charge in [-0.25, -0.2) is 0 Å². The highest BCUT2D eigenvalue weighted by atomic mass is 31.1. The maximum absolute atomic E-state index is 2.64. The average molecular weight is 463 g/mol. The summed E-state index contributed by atoms with van der Waals surface area (Å²) in [5, 5.41) is 3.43. The predicted octanol–water partition coefficient (Wildman–Crippen LogP) is 7.76. The molecule has 32 heavy (non-hydrogen) atoms. The van der Waals surface area contributed by atoms with Gasteiger partial charge in [0, 0.05) is 5.16 Å². The summed E-state index contributed by atoms with van der Waals surface area (Å²) in [7, 11) is 0.727. The first-order chi connectivity index (χ1) is 15.6. The van der Waals surface area contributed by atoms with Crippen LogP contribution >= 0.6 is 16.5 Å². The van der Waals surface area contributed by atoms with Gasteiger partial charge in [-0.05, 0) is 73.8 Å². The second kappa shape index (κ2) is 11.3. The Morgan fingerprint density at radius 1 is 0.938 bits per heavy atom. The van der Waals surface area contributed by atoms with Gasteiger partial charge in [0.15, 0.2) is 0 Å². The molecule has 4 rings (SSSR count). The molecule has 1 saturated carbocycles. The van der Waals surface area contributed by atoms with Crippen LogP contribution in [0.1, 0.15) is 46.5 Å². The SMILES string of the molecule is CC1CCC(C(C)C)C(C2(PCCP(c3ccccc3)c3ccccc3)C=CC=CC2)C1. The first kappa shape index (κ1) is 23.9. The molecule has 2 aliphatic rings. The average Bonchev–Trinajstić information content (AvgIpc) is 2.83. The maximum Gasteiger partial charge on any atom is 0.0124 e. The van der Waals surface area contributed by atoms with Crippen LogP contribution in [0.25, 0.3) is 0 Å². The van der Waals surface area contributed by atoms with Gasteiger partial charge < -0.3 is 0 Å². The van der Waals surface area contributed by atoms with Gasteiger partial charge in [-0.15, -0.1) is 8.58 Å². The number of benzene rings is 2. The Hall–Kier alpha value is -1.22. The van der Waals surface area contributed by atoms with Gasteiger partial charge in [-0.2, -0.15) is 0 Å². The van der Waals surface area contributed by atoms with Crippen molar-refractivity contribution in [3.63, 3.8) is 0 Å². The van der Waals surface area contributed by atoms with E-state index in [1.807, 2.05) is 0 Å². The zero-order valence-electron chi connectivity index (χ0n) is 20.1. The Morgan fingerprint density at radius 3 is 2.16 bits per heavy atom. The number of allylic oxidation sites excluding steroid dienone is 4. The molecule has 0 aromatic heterocycles. The van der Waals surface area contributed by atoms with Crippen molar-refractivity contribution in [1.82, 2.24) is 0 Å². The second-order valence-corrected chi connectivity index (χ2v) is 14.3. The molecule has 0 bridgehead atoms. The highest BCUT2D eigenvalue weighted by Crippen LogP contribution is 2.55. The van der Waals surface area contributed by atoms with E-state index < -0.39 is 0 Å². The lowest BCUT2D eigenvalue weighted by molar-refractivity contribution is 0.121. The minimum absolute atomic E-state index is 0.285. The molecule has 0 amide bonds. The van der Waals surface area contributed by atoms with Crippen LogP contribution < -0.4 is 10.6 Å². The van der Waals surface area contributed by atoms with Crippen LogP contribution in [0.4, 0.5) is 0 Å². The molecule has 2 aliphatic carbocycles. The number of hydrogen-bond donors (Lipinski definition) is 0. The minimum atomic E-state index is -0.285. The zero-order chi connectivity index (χ0) is 22.4. The van der Waals surface area contributed by atoms with Crippen molar-refractivity contribution in [1.29, 1.82) is 0 Å². The van der Waals surface area contributed by atoms with Gasteiger partial charge in [-0.3, -0.25) is 0 Å². The molecule has 0 heterocycles. The van der Waals surface area contributed by atoms with Crippen molar-refractivity contribution in [3.8, 4) is 0 Å². The van der Waals surface area contributed by atoms with Crippen LogP contribution in [0.3, 0.4) is 0 Å². The Morgan fingerprint density at radius 2 is 1.59 bits per heavy atom. The quantitative estimate of drug-likeness (QED) is 0.352. The fraction of sp³-hybridized carbons (Fsp3) is 0.467. The molecule has 0 N–H and O–H groups in total. The van der Waals surface area contributed by atoms with Crippen molar-refractivity contribution < 1.29 is 0 Å². The summed E-state index contributed by atoms with van der Waals surface area (Å²) in [5.74, 6) is 3.38. The van der Waals surface area contributed by atoms with Crippen molar-refractivity contribution >= 4 is 27.1 Å². The van der Waals surface area contributed by atoms with E-state index in [4.69, 9.17) is 0 Å². The molecule has 2 aromatic rings. The molecule has 0 saturated heterocycles. The summed E-state index contributed by atoms with van der Waals surface area (Å²) in [6.07, 6.45) is 17.9. The molecule has 0 nitrogen and oxygen atoms in total. The van der Waals surface area contributed by atoms with Gasteiger partial charge in [-0.1, -0.05) is 112 Å². The molecule has 170 valence electrons. The van der Waals surface area contributed by atoms with E-state index in [1.54, 1.807) is 0 Å². The van der Waals surface area contributed by atoms with Crippen LogP contribution in [0.2, 0.25) is 0 Å². The molecule has 2 aromatic carbocycles. The maximum atomic E-state index is 2.64. The highest BCUT2D eigenvalue weighted by molar-refractivity contribution is 7.73. The topological polar surface area (TPSA) is 0 Å².